The molecule has 142 valence electrons. The highest BCUT2D eigenvalue weighted by atomic mass is 16.5. The molecule has 9 heteroatoms. The summed E-state index contributed by atoms with van der Waals surface area (Å²) in [7, 11) is 7.12. The number of rotatable bonds is 6. The van der Waals surface area contributed by atoms with Crippen molar-refractivity contribution in [2.75, 3.05) is 27.2 Å². The second-order valence-electron chi connectivity index (χ2n) is 6.58. The van der Waals surface area contributed by atoms with E-state index in [0.717, 1.165) is 28.8 Å². The van der Waals surface area contributed by atoms with Crippen molar-refractivity contribution in [2.45, 2.75) is 6.42 Å². The molecule has 0 unspecified atom stereocenters. The standard InChI is InChI=1S/C18H22N6O3/c1-22(2)10-5-11-27-13-8-6-12(7-9-13)15-19-14-16(24(4)21-15)20-18(26)23(3)17(14)25/h6-9H,5,10-11H2,1-4H3/p+1. The number of aromatic nitrogens is 5. The molecule has 0 aliphatic rings. The van der Waals surface area contributed by atoms with Gasteiger partial charge in [-0.2, -0.15) is 4.98 Å². The minimum Gasteiger partial charge on any atom is -0.494 e. The van der Waals surface area contributed by atoms with E-state index in [-0.39, 0.29) is 11.2 Å². The summed E-state index contributed by atoms with van der Waals surface area (Å²) in [6.45, 7) is 1.61. The summed E-state index contributed by atoms with van der Waals surface area (Å²) in [5.74, 6) is 1.16. The van der Waals surface area contributed by atoms with E-state index in [0.29, 0.717) is 12.4 Å². The number of hydrogen-bond donors (Lipinski definition) is 1. The Kier molecular flexibility index (Phi) is 5.31. The normalized spacial score (nSPS) is 11.3. The molecule has 2 aromatic heterocycles. The van der Waals surface area contributed by atoms with E-state index >= 15 is 0 Å². The summed E-state index contributed by atoms with van der Waals surface area (Å²) in [5.41, 5.74) is 0.228. The van der Waals surface area contributed by atoms with Gasteiger partial charge in [0.1, 0.15) is 12.8 Å². The van der Waals surface area contributed by atoms with Crippen LogP contribution in [-0.4, -0.2) is 51.8 Å². The SMILES string of the molecule is CN(C)CCCOc1ccc(-c2nc3c(=O)n(C)c(=O)[nH]c3[n+](C)n2)cc1. The van der Waals surface area contributed by atoms with Crippen molar-refractivity contribution < 1.29 is 9.42 Å². The molecular formula is C18H23N6O3+. The molecule has 0 aliphatic carbocycles. The van der Waals surface area contributed by atoms with E-state index in [9.17, 15) is 9.59 Å². The van der Waals surface area contributed by atoms with Crippen LogP contribution in [-0.2, 0) is 14.1 Å². The smallest absolute Gasteiger partial charge is 0.416 e. The molecule has 3 aromatic rings. The third-order valence-electron chi connectivity index (χ3n) is 4.18. The lowest BCUT2D eigenvalue weighted by Crippen LogP contribution is -2.42. The van der Waals surface area contributed by atoms with Crippen LogP contribution in [0.1, 0.15) is 6.42 Å². The summed E-state index contributed by atoms with van der Waals surface area (Å²) < 4.78 is 8.16. The van der Waals surface area contributed by atoms with E-state index in [2.05, 4.69) is 20.0 Å². The van der Waals surface area contributed by atoms with Gasteiger partial charge in [-0.15, -0.1) is 4.68 Å². The number of aryl methyl sites for hydroxylation is 1. The molecule has 3 rings (SSSR count). The average molecular weight is 371 g/mol. The van der Waals surface area contributed by atoms with E-state index in [1.54, 1.807) is 7.05 Å². The molecule has 0 bridgehead atoms. The minimum absolute atomic E-state index is 0.161. The summed E-state index contributed by atoms with van der Waals surface area (Å²) in [5, 5.41) is 4.35. The van der Waals surface area contributed by atoms with Crippen molar-refractivity contribution in [2.24, 2.45) is 14.1 Å². The molecule has 0 radical (unpaired) electrons. The first-order valence-electron chi connectivity index (χ1n) is 8.62. The van der Waals surface area contributed by atoms with Gasteiger partial charge in [-0.1, -0.05) is 5.10 Å². The topological polar surface area (TPSA) is 97.0 Å². The van der Waals surface area contributed by atoms with Crippen molar-refractivity contribution in [1.82, 2.24) is 24.5 Å². The average Bonchev–Trinajstić information content (AvgIpc) is 2.64. The largest absolute Gasteiger partial charge is 0.494 e. The van der Waals surface area contributed by atoms with E-state index in [1.807, 2.05) is 38.4 Å². The number of aromatic amines is 1. The van der Waals surface area contributed by atoms with Gasteiger partial charge in [0.25, 0.3) is 5.56 Å². The van der Waals surface area contributed by atoms with Gasteiger partial charge >= 0.3 is 11.3 Å². The molecule has 9 nitrogen and oxygen atoms in total. The van der Waals surface area contributed by atoms with E-state index in [1.165, 1.54) is 11.7 Å². The highest BCUT2D eigenvalue weighted by Crippen LogP contribution is 2.19. The molecule has 1 N–H and O–H groups in total. The molecular weight excluding hydrogens is 348 g/mol. The fourth-order valence-electron chi connectivity index (χ4n) is 2.65. The lowest BCUT2D eigenvalue weighted by molar-refractivity contribution is -0.707. The van der Waals surface area contributed by atoms with Gasteiger partial charge in [-0.25, -0.2) is 14.3 Å². The lowest BCUT2D eigenvalue weighted by atomic mass is 10.2. The van der Waals surface area contributed by atoms with Crippen LogP contribution in [0.3, 0.4) is 0 Å². The highest BCUT2D eigenvalue weighted by Gasteiger charge is 2.18. The molecule has 0 saturated heterocycles. The van der Waals surface area contributed by atoms with Gasteiger partial charge in [0.05, 0.1) is 6.61 Å². The Balaban J connectivity index is 1.87. The summed E-state index contributed by atoms with van der Waals surface area (Å²) >= 11 is 0. The van der Waals surface area contributed by atoms with Gasteiger partial charge in [-0.3, -0.25) is 4.79 Å². The monoisotopic (exact) mass is 371 g/mol. The zero-order valence-corrected chi connectivity index (χ0v) is 15.9. The van der Waals surface area contributed by atoms with Crippen LogP contribution >= 0.6 is 0 Å². The second kappa shape index (κ2) is 7.67. The molecule has 1 aromatic carbocycles. The molecule has 0 spiro atoms. The van der Waals surface area contributed by atoms with Crippen molar-refractivity contribution in [3.05, 3.63) is 45.1 Å². The number of ether oxygens (including phenoxy) is 1. The summed E-state index contributed by atoms with van der Waals surface area (Å²) in [4.78, 5) is 33.2. The van der Waals surface area contributed by atoms with Crippen molar-refractivity contribution in [3.63, 3.8) is 0 Å². The number of fused-ring (bicyclic) bond motifs is 1. The van der Waals surface area contributed by atoms with Crippen LogP contribution in [0.2, 0.25) is 0 Å². The summed E-state index contributed by atoms with van der Waals surface area (Å²) in [6.07, 6.45) is 0.944. The number of nitrogens with zero attached hydrogens (tertiary/aromatic N) is 5. The number of nitrogens with one attached hydrogen (secondary N) is 1. The fourth-order valence-corrected chi connectivity index (χ4v) is 2.65. The number of benzene rings is 1. The first kappa shape index (κ1) is 18.7. The number of H-pyrrole nitrogens is 1. The third-order valence-corrected chi connectivity index (χ3v) is 4.18. The first-order chi connectivity index (χ1) is 12.9. The first-order valence-corrected chi connectivity index (χ1v) is 8.62. The van der Waals surface area contributed by atoms with Gasteiger partial charge in [0, 0.05) is 19.2 Å². The predicted molar refractivity (Wildman–Crippen MR) is 101 cm³/mol. The Bertz CT molecular complexity index is 1070. The molecule has 0 fully saturated rings. The third kappa shape index (κ3) is 4.03. The van der Waals surface area contributed by atoms with Crippen molar-refractivity contribution >= 4 is 11.2 Å². The Labute approximate surface area is 155 Å². The van der Waals surface area contributed by atoms with E-state index < -0.39 is 11.2 Å². The maximum absolute atomic E-state index is 12.3. The summed E-state index contributed by atoms with van der Waals surface area (Å²) in [6, 6.07) is 7.39. The van der Waals surface area contributed by atoms with Crippen molar-refractivity contribution in [3.8, 4) is 17.1 Å². The Morgan fingerprint density at radius 2 is 1.93 bits per heavy atom. The predicted octanol–water partition coefficient (Wildman–Crippen LogP) is -0.161. The van der Waals surface area contributed by atoms with Crippen LogP contribution < -0.4 is 20.7 Å². The van der Waals surface area contributed by atoms with Crippen LogP contribution in [0.5, 0.6) is 5.75 Å². The van der Waals surface area contributed by atoms with Crippen LogP contribution in [0, 0.1) is 0 Å². The van der Waals surface area contributed by atoms with Crippen LogP contribution in [0.15, 0.2) is 33.9 Å². The number of hydrogen-bond acceptors (Lipinski definition) is 6. The zero-order chi connectivity index (χ0) is 19.6. The molecule has 27 heavy (non-hydrogen) atoms. The van der Waals surface area contributed by atoms with Gasteiger partial charge in [-0.05, 0) is 44.8 Å². The fraction of sp³-hybridized carbons (Fsp3) is 0.389. The molecule has 0 amide bonds. The van der Waals surface area contributed by atoms with Gasteiger partial charge in [0.15, 0.2) is 0 Å². The minimum atomic E-state index is -0.504. The molecule has 0 saturated carbocycles. The zero-order valence-electron chi connectivity index (χ0n) is 15.9. The van der Waals surface area contributed by atoms with E-state index in [4.69, 9.17) is 4.74 Å². The second-order valence-corrected chi connectivity index (χ2v) is 6.58. The quantitative estimate of drug-likeness (QED) is 0.478. The Hall–Kier alpha value is -3.07. The Morgan fingerprint density at radius 3 is 2.59 bits per heavy atom. The highest BCUT2D eigenvalue weighted by molar-refractivity contribution is 5.67. The van der Waals surface area contributed by atoms with Crippen molar-refractivity contribution in [1.29, 1.82) is 0 Å². The molecule has 0 aliphatic heterocycles. The van der Waals surface area contributed by atoms with Crippen LogP contribution in [0.25, 0.3) is 22.6 Å². The van der Waals surface area contributed by atoms with Gasteiger partial charge < -0.3 is 9.64 Å². The maximum Gasteiger partial charge on any atom is 0.416 e. The van der Waals surface area contributed by atoms with Gasteiger partial charge in [0.2, 0.25) is 11.3 Å². The molecule has 2 heterocycles. The molecule has 0 atom stereocenters. The van der Waals surface area contributed by atoms with Crippen LogP contribution in [0.4, 0.5) is 0 Å². The Morgan fingerprint density at radius 1 is 1.22 bits per heavy atom. The lowest BCUT2D eigenvalue weighted by Gasteiger charge is -2.10. The maximum atomic E-state index is 12.3.